The number of nitrogens with one attached hydrogen (secondary N) is 1. The Morgan fingerprint density at radius 1 is 1.12 bits per heavy atom. The number of benzene rings is 2. The monoisotopic (exact) mass is 395 g/mol. The summed E-state index contributed by atoms with van der Waals surface area (Å²) in [5.41, 5.74) is 2.42. The van der Waals surface area contributed by atoms with Crippen molar-refractivity contribution in [2.75, 3.05) is 12.3 Å². The lowest BCUT2D eigenvalue weighted by Crippen LogP contribution is -2.38. The molecule has 0 saturated carbocycles. The van der Waals surface area contributed by atoms with Crippen LogP contribution < -0.4 is 5.32 Å². The van der Waals surface area contributed by atoms with E-state index >= 15 is 0 Å². The smallest absolute Gasteiger partial charge is 0.238 e. The molecule has 1 N–H and O–H groups in total. The van der Waals surface area contributed by atoms with Crippen molar-refractivity contribution in [2.24, 2.45) is 0 Å². The number of hydrogen-bond donors (Lipinski definition) is 1. The van der Waals surface area contributed by atoms with Gasteiger partial charge in [-0.1, -0.05) is 29.8 Å². The summed E-state index contributed by atoms with van der Waals surface area (Å²) < 4.78 is 37.7. The molecule has 2 aromatic carbocycles. The van der Waals surface area contributed by atoms with Crippen LogP contribution in [0.2, 0.25) is 0 Å². The summed E-state index contributed by atoms with van der Waals surface area (Å²) in [5, 5.41) is 1.43. The van der Waals surface area contributed by atoms with Crippen molar-refractivity contribution in [1.82, 2.24) is 5.32 Å². The van der Waals surface area contributed by atoms with E-state index in [2.05, 4.69) is 29.6 Å². The average Bonchev–Trinajstić information content (AvgIpc) is 2.62. The van der Waals surface area contributed by atoms with Gasteiger partial charge in [0.25, 0.3) is 0 Å². The quantitative estimate of drug-likeness (QED) is 0.550. The average molecular weight is 396 g/mol. The first-order valence-electron chi connectivity index (χ1n) is 8.21. The van der Waals surface area contributed by atoms with E-state index in [-0.39, 0.29) is 4.90 Å². The van der Waals surface area contributed by atoms with E-state index in [4.69, 9.17) is 0 Å². The number of amides is 1. The van der Waals surface area contributed by atoms with Crippen LogP contribution in [-0.4, -0.2) is 31.9 Å². The lowest BCUT2D eigenvalue weighted by Gasteiger charge is -2.13. The highest BCUT2D eigenvalue weighted by atomic mass is 32.2. The number of rotatable bonds is 8. The van der Waals surface area contributed by atoms with Crippen LogP contribution in [0.15, 0.2) is 53.4 Å². The van der Waals surface area contributed by atoms with Gasteiger partial charge in [-0.05, 0) is 43.7 Å². The Kier molecular flexibility index (Phi) is 7.23. The summed E-state index contributed by atoms with van der Waals surface area (Å²) in [6, 6.07) is 12.7. The molecule has 0 spiro atoms. The Morgan fingerprint density at radius 3 is 2.35 bits per heavy atom. The van der Waals surface area contributed by atoms with Crippen molar-refractivity contribution in [1.29, 1.82) is 0 Å². The van der Waals surface area contributed by atoms with Crippen LogP contribution in [0.25, 0.3) is 0 Å². The van der Waals surface area contributed by atoms with E-state index in [1.165, 1.54) is 30.2 Å². The molecule has 0 aliphatic heterocycles. The molecule has 4 nitrogen and oxygen atoms in total. The van der Waals surface area contributed by atoms with Gasteiger partial charge in [-0.3, -0.25) is 4.79 Å². The lowest BCUT2D eigenvalue weighted by molar-refractivity contribution is -0.120. The van der Waals surface area contributed by atoms with E-state index < -0.39 is 26.8 Å². The number of carbonyl (C=O) groups is 1. The molecule has 0 saturated heterocycles. The second kappa shape index (κ2) is 9.19. The Balaban J connectivity index is 1.79. The molecule has 2 rings (SSSR count). The molecular weight excluding hydrogens is 373 g/mol. The van der Waals surface area contributed by atoms with Crippen LogP contribution in [0.4, 0.5) is 4.39 Å². The second-order valence-electron chi connectivity index (χ2n) is 5.97. The van der Waals surface area contributed by atoms with Gasteiger partial charge in [0.2, 0.25) is 5.91 Å². The molecule has 26 heavy (non-hydrogen) atoms. The third-order valence-corrected chi connectivity index (χ3v) is 7.02. The van der Waals surface area contributed by atoms with Crippen LogP contribution in [0.5, 0.6) is 0 Å². The van der Waals surface area contributed by atoms with E-state index in [1.54, 1.807) is 11.8 Å². The number of carbonyl (C=O) groups excluding carboxylic acids is 1. The topological polar surface area (TPSA) is 63.2 Å². The number of sulfone groups is 1. The van der Waals surface area contributed by atoms with Crippen LogP contribution >= 0.6 is 11.8 Å². The maximum Gasteiger partial charge on any atom is 0.238 e. The van der Waals surface area contributed by atoms with Crippen molar-refractivity contribution in [3.8, 4) is 0 Å². The van der Waals surface area contributed by atoms with Gasteiger partial charge in [-0.25, -0.2) is 12.8 Å². The standard InChI is InChI=1S/C19H22FNO3S2/c1-14-3-5-16(6-4-14)13-25-12-11-21-19(22)15(2)26(23,24)18-9-7-17(20)8-10-18/h3-10,15H,11-13H2,1-2H3,(H,21,22). The van der Waals surface area contributed by atoms with E-state index in [1.807, 2.05) is 6.92 Å². The summed E-state index contributed by atoms with van der Waals surface area (Å²) in [5.74, 6) is 0.444. The van der Waals surface area contributed by atoms with Crippen LogP contribution in [0.3, 0.4) is 0 Å². The molecular formula is C19H22FNO3S2. The van der Waals surface area contributed by atoms with Gasteiger partial charge in [0, 0.05) is 18.1 Å². The van der Waals surface area contributed by atoms with Gasteiger partial charge in [-0.15, -0.1) is 0 Å². The predicted octanol–water partition coefficient (Wildman–Crippen LogP) is 3.35. The third kappa shape index (κ3) is 5.57. The molecule has 0 aromatic heterocycles. The molecule has 0 aliphatic rings. The van der Waals surface area contributed by atoms with Crippen LogP contribution in [0.1, 0.15) is 18.1 Å². The Bertz CT molecular complexity index is 834. The number of halogens is 1. The molecule has 0 aliphatic carbocycles. The first-order valence-corrected chi connectivity index (χ1v) is 10.9. The van der Waals surface area contributed by atoms with Gasteiger partial charge in [0.15, 0.2) is 9.84 Å². The van der Waals surface area contributed by atoms with Gasteiger partial charge < -0.3 is 5.32 Å². The van der Waals surface area contributed by atoms with Gasteiger partial charge in [-0.2, -0.15) is 11.8 Å². The summed E-state index contributed by atoms with van der Waals surface area (Å²) >= 11 is 1.67. The fraction of sp³-hybridized carbons (Fsp3) is 0.316. The minimum absolute atomic E-state index is 0.0599. The van der Waals surface area contributed by atoms with Gasteiger partial charge >= 0.3 is 0 Å². The zero-order chi connectivity index (χ0) is 19.2. The molecule has 1 unspecified atom stereocenters. The van der Waals surface area contributed by atoms with Gasteiger partial charge in [0.1, 0.15) is 11.1 Å². The zero-order valence-electron chi connectivity index (χ0n) is 14.7. The van der Waals surface area contributed by atoms with Crippen molar-refractivity contribution in [3.05, 3.63) is 65.5 Å². The molecule has 7 heteroatoms. The maximum absolute atomic E-state index is 12.9. The number of hydrogen-bond acceptors (Lipinski definition) is 4. The van der Waals surface area contributed by atoms with Crippen LogP contribution in [-0.2, 0) is 20.4 Å². The molecule has 0 heterocycles. The normalized spacial score (nSPS) is 12.6. The second-order valence-corrected chi connectivity index (χ2v) is 9.34. The molecule has 140 valence electrons. The van der Waals surface area contributed by atoms with Crippen molar-refractivity contribution in [3.63, 3.8) is 0 Å². The molecule has 1 amide bonds. The highest BCUT2D eigenvalue weighted by molar-refractivity contribution is 7.98. The molecule has 2 aromatic rings. The van der Waals surface area contributed by atoms with Crippen molar-refractivity contribution in [2.45, 2.75) is 29.7 Å². The van der Waals surface area contributed by atoms with Crippen LogP contribution in [0, 0.1) is 12.7 Å². The first-order chi connectivity index (χ1) is 12.3. The number of aryl methyl sites for hydroxylation is 1. The fourth-order valence-corrected chi connectivity index (χ4v) is 4.34. The fourth-order valence-electron chi connectivity index (χ4n) is 2.23. The zero-order valence-corrected chi connectivity index (χ0v) is 16.4. The highest BCUT2D eigenvalue weighted by Gasteiger charge is 2.29. The number of thioether (sulfide) groups is 1. The molecule has 0 radical (unpaired) electrons. The largest absolute Gasteiger partial charge is 0.354 e. The summed E-state index contributed by atoms with van der Waals surface area (Å²) in [7, 11) is -3.83. The van der Waals surface area contributed by atoms with Crippen molar-refractivity contribution < 1.29 is 17.6 Å². The minimum Gasteiger partial charge on any atom is -0.354 e. The molecule has 0 fully saturated rings. The Labute approximate surface area is 158 Å². The van der Waals surface area contributed by atoms with E-state index in [0.29, 0.717) is 12.3 Å². The Hall–Kier alpha value is -1.86. The first kappa shape index (κ1) is 20.5. The summed E-state index contributed by atoms with van der Waals surface area (Å²) in [6.45, 7) is 3.76. The van der Waals surface area contributed by atoms with Gasteiger partial charge in [0.05, 0.1) is 4.90 Å². The molecule has 0 bridgehead atoms. The summed E-state index contributed by atoms with van der Waals surface area (Å²) in [4.78, 5) is 12.1. The van der Waals surface area contributed by atoms with Crippen molar-refractivity contribution >= 4 is 27.5 Å². The highest BCUT2D eigenvalue weighted by Crippen LogP contribution is 2.17. The third-order valence-electron chi connectivity index (χ3n) is 3.91. The molecule has 1 atom stereocenters. The Morgan fingerprint density at radius 2 is 1.73 bits per heavy atom. The van der Waals surface area contributed by atoms with E-state index in [9.17, 15) is 17.6 Å². The summed E-state index contributed by atoms with van der Waals surface area (Å²) in [6.07, 6.45) is 0. The minimum atomic E-state index is -3.83. The van der Waals surface area contributed by atoms with E-state index in [0.717, 1.165) is 17.9 Å². The predicted molar refractivity (Wildman–Crippen MR) is 103 cm³/mol. The lowest BCUT2D eigenvalue weighted by atomic mass is 10.2. The maximum atomic E-state index is 12.9. The SMILES string of the molecule is Cc1ccc(CSCCNC(=O)C(C)S(=O)(=O)c2ccc(F)cc2)cc1.